The molecule has 6 nitrogen and oxygen atoms in total. The molecule has 6 heteroatoms. The molecule has 1 aromatic carbocycles. The number of hydrogen-bond donors (Lipinski definition) is 3. The van der Waals surface area contributed by atoms with Gasteiger partial charge >= 0.3 is 0 Å². The van der Waals surface area contributed by atoms with E-state index in [2.05, 4.69) is 42.3 Å². The van der Waals surface area contributed by atoms with Gasteiger partial charge in [-0.1, -0.05) is 25.1 Å². The quantitative estimate of drug-likeness (QED) is 0.637. The Morgan fingerprint density at radius 1 is 1.16 bits per heavy atom. The normalized spacial score (nSPS) is 10.7. The summed E-state index contributed by atoms with van der Waals surface area (Å²) in [6, 6.07) is 6.36. The van der Waals surface area contributed by atoms with E-state index in [9.17, 15) is 0 Å². The van der Waals surface area contributed by atoms with Gasteiger partial charge in [-0.15, -0.1) is 0 Å². The second-order valence-electron chi connectivity index (χ2n) is 5.90. The predicted octanol–water partition coefficient (Wildman–Crippen LogP) is 2.77. The van der Waals surface area contributed by atoms with Crippen molar-refractivity contribution in [2.45, 2.75) is 26.7 Å². The largest absolute Gasteiger partial charge is 0.475 e. The highest BCUT2D eigenvalue weighted by Crippen LogP contribution is 2.36. The van der Waals surface area contributed by atoms with E-state index < -0.39 is 0 Å². The van der Waals surface area contributed by atoms with Gasteiger partial charge < -0.3 is 26.3 Å². The minimum Gasteiger partial charge on any atom is -0.475 e. The van der Waals surface area contributed by atoms with Crippen LogP contribution in [-0.2, 0) is 17.6 Å². The Balaban J connectivity index is 2.52. The van der Waals surface area contributed by atoms with Gasteiger partial charge in [-0.2, -0.15) is 4.98 Å². The number of pyridine rings is 1. The Kier molecular flexibility index (Phi) is 6.47. The Morgan fingerprint density at radius 2 is 1.92 bits per heavy atom. The van der Waals surface area contributed by atoms with Crippen molar-refractivity contribution in [3.63, 3.8) is 0 Å². The summed E-state index contributed by atoms with van der Waals surface area (Å²) >= 11 is 0. The van der Waals surface area contributed by atoms with E-state index in [1.54, 1.807) is 7.11 Å². The van der Waals surface area contributed by atoms with Gasteiger partial charge in [0.15, 0.2) is 5.82 Å². The summed E-state index contributed by atoms with van der Waals surface area (Å²) in [4.78, 5) is 4.37. The second kappa shape index (κ2) is 8.58. The van der Waals surface area contributed by atoms with Gasteiger partial charge in [0.2, 0.25) is 5.88 Å². The van der Waals surface area contributed by atoms with Crippen molar-refractivity contribution < 1.29 is 9.47 Å². The molecule has 0 fully saturated rings. The van der Waals surface area contributed by atoms with Crippen LogP contribution in [0.25, 0.3) is 0 Å². The molecule has 136 valence electrons. The lowest BCUT2D eigenvalue weighted by molar-refractivity contribution is 0.143. The van der Waals surface area contributed by atoms with E-state index in [1.165, 1.54) is 16.7 Å². The molecule has 0 aliphatic rings. The average Bonchev–Trinajstić information content (AvgIpc) is 2.60. The van der Waals surface area contributed by atoms with Gasteiger partial charge in [-0.25, -0.2) is 0 Å². The first-order valence-electron chi connectivity index (χ1n) is 8.48. The molecule has 0 bridgehead atoms. The highest BCUT2D eigenvalue weighted by molar-refractivity contribution is 5.81. The molecule has 0 spiro atoms. The van der Waals surface area contributed by atoms with E-state index in [-0.39, 0.29) is 5.82 Å². The smallest absolute Gasteiger partial charge is 0.221 e. The molecule has 0 saturated heterocycles. The topological polar surface area (TPSA) is 95.4 Å². The Labute approximate surface area is 149 Å². The first kappa shape index (κ1) is 18.9. The zero-order chi connectivity index (χ0) is 18.4. The van der Waals surface area contributed by atoms with Crippen molar-refractivity contribution >= 4 is 17.2 Å². The van der Waals surface area contributed by atoms with Crippen LogP contribution < -0.4 is 21.5 Å². The van der Waals surface area contributed by atoms with Crippen LogP contribution in [0.3, 0.4) is 0 Å². The molecule has 0 aliphatic carbocycles. The van der Waals surface area contributed by atoms with Crippen molar-refractivity contribution in [3.8, 4) is 5.88 Å². The number of hydrogen-bond acceptors (Lipinski definition) is 6. The summed E-state index contributed by atoms with van der Waals surface area (Å²) in [5.41, 5.74) is 18.0. The van der Waals surface area contributed by atoms with Gasteiger partial charge in [0, 0.05) is 26.1 Å². The first-order chi connectivity index (χ1) is 12.0. The molecule has 0 atom stereocenters. The van der Waals surface area contributed by atoms with Crippen molar-refractivity contribution in [3.05, 3.63) is 40.5 Å². The molecule has 25 heavy (non-hydrogen) atoms. The van der Waals surface area contributed by atoms with Crippen molar-refractivity contribution in [2.75, 3.05) is 44.2 Å². The summed E-state index contributed by atoms with van der Waals surface area (Å²) < 4.78 is 10.9. The Morgan fingerprint density at radius 3 is 2.56 bits per heavy atom. The molecule has 1 aromatic heterocycles. The first-order valence-corrected chi connectivity index (χ1v) is 8.48. The van der Waals surface area contributed by atoms with E-state index in [4.69, 9.17) is 20.9 Å². The summed E-state index contributed by atoms with van der Waals surface area (Å²) in [5.74, 6) is 0.763. The number of methoxy groups -OCH3 is 1. The van der Waals surface area contributed by atoms with Crippen LogP contribution in [0.15, 0.2) is 18.2 Å². The number of anilines is 3. The third kappa shape index (κ3) is 4.14. The maximum Gasteiger partial charge on any atom is 0.221 e. The third-order valence-corrected chi connectivity index (χ3v) is 4.35. The maximum absolute atomic E-state index is 6.15. The van der Waals surface area contributed by atoms with Gasteiger partial charge in [0.1, 0.15) is 6.61 Å². The van der Waals surface area contributed by atoms with Gasteiger partial charge in [-0.3, -0.25) is 0 Å². The van der Waals surface area contributed by atoms with Gasteiger partial charge in [0.25, 0.3) is 0 Å². The number of benzene rings is 1. The molecule has 2 rings (SSSR count). The highest BCUT2D eigenvalue weighted by Gasteiger charge is 2.19. The summed E-state index contributed by atoms with van der Waals surface area (Å²) in [5, 5.41) is 3.16. The van der Waals surface area contributed by atoms with Crippen LogP contribution in [0.1, 0.15) is 29.2 Å². The zero-order valence-corrected chi connectivity index (χ0v) is 15.5. The van der Waals surface area contributed by atoms with Crippen LogP contribution in [0.5, 0.6) is 5.88 Å². The minimum atomic E-state index is 0.265. The number of ether oxygens (including phenoxy) is 2. The minimum absolute atomic E-state index is 0.265. The Bertz CT molecular complexity index is 732. The lowest BCUT2D eigenvalue weighted by atomic mass is 9.93. The zero-order valence-electron chi connectivity index (χ0n) is 15.5. The molecule has 5 N–H and O–H groups in total. The number of rotatable bonds is 8. The lowest BCUT2D eigenvalue weighted by Gasteiger charge is -2.20. The van der Waals surface area contributed by atoms with E-state index in [1.807, 2.05) is 7.05 Å². The molecule has 0 saturated carbocycles. The summed E-state index contributed by atoms with van der Waals surface area (Å²) in [6.45, 7) is 5.15. The molecular weight excluding hydrogens is 316 g/mol. The van der Waals surface area contributed by atoms with E-state index in [0.717, 1.165) is 17.7 Å². The monoisotopic (exact) mass is 344 g/mol. The summed E-state index contributed by atoms with van der Waals surface area (Å²) in [6.07, 6.45) is 1.63. The SMILES string of the molecule is CCc1cccc(C)c1Cc1c(OCCOC)nc(N)c(N)c1NC. The van der Waals surface area contributed by atoms with Crippen LogP contribution in [0, 0.1) is 6.92 Å². The molecule has 0 amide bonds. The maximum atomic E-state index is 6.15. The standard InChI is InChI=1S/C19H28N4O2/c1-5-13-8-6-7-12(2)14(13)11-15-17(22-3)16(20)18(21)23-19(15)25-10-9-24-4/h6-8H,5,9-11,20H2,1-4H3,(H3,21,22,23). The molecule has 0 aliphatic heterocycles. The number of nitrogen functional groups attached to an aromatic ring is 2. The Hall–Kier alpha value is -2.47. The van der Waals surface area contributed by atoms with Gasteiger partial charge in [0.05, 0.1) is 18.0 Å². The van der Waals surface area contributed by atoms with Crippen molar-refractivity contribution in [1.82, 2.24) is 4.98 Å². The number of aryl methyl sites for hydroxylation is 2. The molecule has 1 heterocycles. The van der Waals surface area contributed by atoms with Crippen molar-refractivity contribution in [1.29, 1.82) is 0 Å². The number of aromatic nitrogens is 1. The fourth-order valence-corrected chi connectivity index (χ4v) is 2.95. The highest BCUT2D eigenvalue weighted by atomic mass is 16.5. The molecular formula is C19H28N4O2. The predicted molar refractivity (Wildman–Crippen MR) is 103 cm³/mol. The summed E-state index contributed by atoms with van der Waals surface area (Å²) in [7, 11) is 3.46. The average molecular weight is 344 g/mol. The van der Waals surface area contributed by atoms with Gasteiger partial charge in [-0.05, 0) is 30.0 Å². The van der Waals surface area contributed by atoms with Crippen molar-refractivity contribution in [2.24, 2.45) is 0 Å². The van der Waals surface area contributed by atoms with Crippen LogP contribution in [-0.4, -0.2) is 32.4 Å². The van der Waals surface area contributed by atoms with Crippen LogP contribution in [0.2, 0.25) is 0 Å². The number of nitrogens with two attached hydrogens (primary N) is 2. The lowest BCUT2D eigenvalue weighted by Crippen LogP contribution is -2.13. The number of nitrogens with zero attached hydrogens (tertiary/aromatic N) is 1. The van der Waals surface area contributed by atoms with E-state index in [0.29, 0.717) is 31.2 Å². The molecule has 0 radical (unpaired) electrons. The third-order valence-electron chi connectivity index (χ3n) is 4.35. The van der Waals surface area contributed by atoms with Crippen LogP contribution in [0.4, 0.5) is 17.2 Å². The fourth-order valence-electron chi connectivity index (χ4n) is 2.95. The number of nitrogens with one attached hydrogen (secondary N) is 1. The molecule has 0 unspecified atom stereocenters. The van der Waals surface area contributed by atoms with E-state index >= 15 is 0 Å². The fraction of sp³-hybridized carbons (Fsp3) is 0.421. The molecule has 2 aromatic rings. The van der Waals surface area contributed by atoms with Crippen LogP contribution >= 0.6 is 0 Å². The second-order valence-corrected chi connectivity index (χ2v) is 5.90.